The quantitative estimate of drug-likeness (QED) is 0.189. The second-order valence-electron chi connectivity index (χ2n) is 5.76. The minimum atomic E-state index is -4.67. The molecule has 3 heterocycles. The number of rotatable bonds is 3. The third kappa shape index (κ3) is 7.67. The summed E-state index contributed by atoms with van der Waals surface area (Å²) >= 11 is 4.43. The molecule has 0 aliphatic heterocycles. The van der Waals surface area contributed by atoms with Crippen molar-refractivity contribution in [2.24, 2.45) is 21.1 Å². The van der Waals surface area contributed by atoms with Crippen LogP contribution in [-0.2, 0) is 52.3 Å². The van der Waals surface area contributed by atoms with E-state index in [4.69, 9.17) is 0 Å². The smallest absolute Gasteiger partial charge is 0.740 e. The van der Waals surface area contributed by atoms with Crippen LogP contribution in [0.4, 0.5) is 39.5 Å². The molecule has 0 amide bonds. The van der Waals surface area contributed by atoms with Crippen molar-refractivity contribution < 1.29 is 90.9 Å². The summed E-state index contributed by atoms with van der Waals surface area (Å²) in [5, 5.41) is 18.2. The van der Waals surface area contributed by atoms with Crippen molar-refractivity contribution in [3.8, 4) is 0 Å². The van der Waals surface area contributed by atoms with E-state index < -0.39 is 36.0 Å². The summed E-state index contributed by atoms with van der Waals surface area (Å²) < 4.78 is 113. The first kappa shape index (κ1) is 31.4. The van der Waals surface area contributed by atoms with Crippen LogP contribution >= 0.6 is 21.6 Å². The molecule has 0 saturated heterocycles. The zero-order valence-electron chi connectivity index (χ0n) is 17.2. The number of aromatic nitrogens is 9. The van der Waals surface area contributed by atoms with Gasteiger partial charge in [-0.1, -0.05) is 0 Å². The average Bonchev–Trinajstić information content (AvgIpc) is 3.30. The SMILES string of the molecule is Cn1c(SSc2nnc(C(F)(F)F)n2C)nnc1C(F)(F)F.Cn1c([S-])nnc1C(F)(F)F.[K+]. The van der Waals surface area contributed by atoms with Crippen LogP contribution in [-0.4, -0.2) is 44.3 Å². The number of alkyl halides is 9. The predicted octanol–water partition coefficient (Wildman–Crippen LogP) is 0.524. The monoisotopic (exact) mass is 585 g/mol. The summed E-state index contributed by atoms with van der Waals surface area (Å²) in [6, 6.07) is 0. The normalized spacial score (nSPS) is 12.2. The van der Waals surface area contributed by atoms with Crippen molar-refractivity contribution in [3.05, 3.63) is 17.5 Å². The zero-order valence-corrected chi connectivity index (χ0v) is 22.7. The maximum atomic E-state index is 12.5. The van der Waals surface area contributed by atoms with Gasteiger partial charge < -0.3 is 26.3 Å². The van der Waals surface area contributed by atoms with E-state index >= 15 is 0 Å². The van der Waals surface area contributed by atoms with Gasteiger partial charge in [0.15, 0.2) is 0 Å². The zero-order chi connectivity index (χ0) is 25.4. The molecular formula is C12H9F9KN9S3. The largest absolute Gasteiger partial charge is 1.00 e. The van der Waals surface area contributed by atoms with Gasteiger partial charge in [-0.25, -0.2) is 0 Å². The molecule has 22 heteroatoms. The van der Waals surface area contributed by atoms with Crippen LogP contribution in [0.2, 0.25) is 0 Å². The summed E-state index contributed by atoms with van der Waals surface area (Å²) in [6.07, 6.45) is -13.8. The van der Waals surface area contributed by atoms with Crippen LogP contribution in [0.15, 0.2) is 15.5 Å². The van der Waals surface area contributed by atoms with Crippen molar-refractivity contribution in [2.75, 3.05) is 0 Å². The minimum Gasteiger partial charge on any atom is -0.740 e. The standard InChI is InChI=1S/C8H6F6N6S2.C4H4F3N3S.K/c1-19-3(7(9,10)11)15-17-5(19)21-22-6-18-16-4(20(6)2)8(12,13)14;1-10-2(4(5,6)7)8-9-3(10)11;/h1-2H3;1H3,(H,9,11);/q;;+1/p-1. The van der Waals surface area contributed by atoms with Gasteiger partial charge in [-0.05, 0) is 21.6 Å². The Bertz CT molecular complexity index is 1050. The molecule has 0 unspecified atom stereocenters. The van der Waals surface area contributed by atoms with Crippen LogP contribution in [0, 0.1) is 0 Å². The molecule has 0 bridgehead atoms. The third-order valence-electron chi connectivity index (χ3n) is 3.46. The van der Waals surface area contributed by atoms with E-state index in [0.29, 0.717) is 30.7 Å². The topological polar surface area (TPSA) is 92.1 Å². The molecule has 0 fully saturated rings. The maximum absolute atomic E-state index is 12.5. The molecule has 3 aromatic rings. The van der Waals surface area contributed by atoms with E-state index in [1.807, 2.05) is 0 Å². The molecule has 184 valence electrons. The molecule has 0 aliphatic carbocycles. The molecule has 0 N–H and O–H groups in total. The Labute approximate surface area is 239 Å². The van der Waals surface area contributed by atoms with Crippen LogP contribution in [0.3, 0.4) is 0 Å². The number of hydrogen-bond acceptors (Lipinski definition) is 9. The molecule has 0 aliphatic rings. The summed E-state index contributed by atoms with van der Waals surface area (Å²) in [5.74, 6) is -3.48. The Hall–Kier alpha value is -0.654. The van der Waals surface area contributed by atoms with Crippen LogP contribution in [0.25, 0.3) is 0 Å². The number of halogens is 9. The van der Waals surface area contributed by atoms with E-state index in [0.717, 1.165) is 18.7 Å². The Morgan fingerprint density at radius 1 is 0.559 bits per heavy atom. The van der Waals surface area contributed by atoms with Gasteiger partial charge in [0.05, 0.1) is 0 Å². The summed E-state index contributed by atoms with van der Waals surface area (Å²) in [7, 11) is 4.75. The van der Waals surface area contributed by atoms with Gasteiger partial charge in [-0.2, -0.15) is 44.6 Å². The van der Waals surface area contributed by atoms with E-state index in [2.05, 4.69) is 43.2 Å². The molecule has 34 heavy (non-hydrogen) atoms. The molecule has 9 nitrogen and oxygen atoms in total. The fourth-order valence-electron chi connectivity index (χ4n) is 1.90. The second-order valence-corrected chi connectivity index (χ2v) is 8.18. The van der Waals surface area contributed by atoms with Gasteiger partial charge in [0, 0.05) is 26.3 Å². The van der Waals surface area contributed by atoms with E-state index in [-0.39, 0.29) is 66.9 Å². The molecule has 0 saturated carbocycles. The second kappa shape index (κ2) is 11.6. The van der Waals surface area contributed by atoms with Crippen molar-refractivity contribution in [2.45, 2.75) is 34.0 Å². The fraction of sp³-hybridized carbons (Fsp3) is 0.500. The van der Waals surface area contributed by atoms with E-state index in [1.54, 1.807) is 0 Å². The van der Waals surface area contributed by atoms with Gasteiger partial charge in [0.1, 0.15) is 0 Å². The van der Waals surface area contributed by atoms with Gasteiger partial charge >= 0.3 is 69.9 Å². The maximum Gasteiger partial charge on any atom is 1.00 e. The Kier molecular flexibility index (Phi) is 10.7. The van der Waals surface area contributed by atoms with Crippen LogP contribution in [0.5, 0.6) is 0 Å². The molecule has 0 atom stereocenters. The van der Waals surface area contributed by atoms with Crippen LogP contribution in [0.1, 0.15) is 17.5 Å². The van der Waals surface area contributed by atoms with Crippen molar-refractivity contribution in [1.29, 1.82) is 0 Å². The Balaban J connectivity index is 0.000000407. The first-order valence-corrected chi connectivity index (χ1v) is 10.4. The molecule has 0 radical (unpaired) electrons. The molecular weight excluding hydrogens is 576 g/mol. The van der Waals surface area contributed by atoms with E-state index in [9.17, 15) is 39.5 Å². The van der Waals surface area contributed by atoms with Crippen molar-refractivity contribution in [3.63, 3.8) is 0 Å². The Morgan fingerprint density at radius 2 is 0.853 bits per heavy atom. The summed E-state index contributed by atoms with van der Waals surface area (Å²) in [4.78, 5) is 0. The molecule has 3 rings (SSSR count). The number of nitrogens with zero attached hydrogens (tertiary/aromatic N) is 9. The van der Waals surface area contributed by atoms with Gasteiger partial charge in [0.2, 0.25) is 27.8 Å². The first-order valence-electron chi connectivity index (χ1n) is 7.85. The predicted molar refractivity (Wildman–Crippen MR) is 95.4 cm³/mol. The van der Waals surface area contributed by atoms with Crippen molar-refractivity contribution >= 4 is 34.2 Å². The van der Waals surface area contributed by atoms with Gasteiger partial charge in [0.25, 0.3) is 0 Å². The Morgan fingerprint density at radius 3 is 1.06 bits per heavy atom. The minimum absolute atomic E-state index is 0. The molecule has 0 aromatic carbocycles. The first-order chi connectivity index (χ1) is 14.9. The van der Waals surface area contributed by atoms with Crippen LogP contribution < -0.4 is 51.4 Å². The summed E-state index contributed by atoms with van der Waals surface area (Å²) in [5.41, 5.74) is 0. The molecule has 3 aromatic heterocycles. The van der Waals surface area contributed by atoms with Gasteiger partial charge in [-0.3, -0.25) is 0 Å². The summed E-state index contributed by atoms with van der Waals surface area (Å²) in [6.45, 7) is 0. The van der Waals surface area contributed by atoms with Crippen molar-refractivity contribution in [1.82, 2.24) is 44.3 Å². The van der Waals surface area contributed by atoms with E-state index in [1.165, 1.54) is 7.05 Å². The third-order valence-corrected chi connectivity index (χ3v) is 6.05. The fourth-order valence-corrected chi connectivity index (χ4v) is 4.04. The number of hydrogen-bond donors (Lipinski definition) is 0. The average molecular weight is 586 g/mol. The molecule has 0 spiro atoms. The van der Waals surface area contributed by atoms with Gasteiger partial charge in [-0.15, -0.1) is 25.5 Å².